The summed E-state index contributed by atoms with van der Waals surface area (Å²) in [5.41, 5.74) is 1.55. The fourth-order valence-electron chi connectivity index (χ4n) is 3.61. The van der Waals surface area contributed by atoms with E-state index in [4.69, 9.17) is 11.6 Å². The number of aromatic nitrogens is 2. The molecule has 28 heavy (non-hydrogen) atoms. The van der Waals surface area contributed by atoms with Crippen molar-refractivity contribution in [2.75, 3.05) is 18.4 Å². The highest BCUT2D eigenvalue weighted by Crippen LogP contribution is 2.37. The van der Waals surface area contributed by atoms with E-state index >= 15 is 0 Å². The van der Waals surface area contributed by atoms with Crippen molar-refractivity contribution in [3.8, 4) is 11.1 Å². The van der Waals surface area contributed by atoms with Gasteiger partial charge in [-0.2, -0.15) is 14.1 Å². The SMILES string of the molecule is Cc1nn2c(c1-c1ccc(Cl)c(S(=O)(=O)N3CCCC3)c1)NC(=O)CCC2=O. The van der Waals surface area contributed by atoms with Gasteiger partial charge in [-0.3, -0.25) is 9.59 Å². The molecule has 148 valence electrons. The van der Waals surface area contributed by atoms with Gasteiger partial charge in [0.25, 0.3) is 0 Å². The number of carbonyl (C=O) groups excluding carboxylic acids is 2. The van der Waals surface area contributed by atoms with Crippen molar-refractivity contribution in [1.29, 1.82) is 0 Å². The van der Waals surface area contributed by atoms with Crippen LogP contribution in [-0.2, 0) is 14.8 Å². The van der Waals surface area contributed by atoms with E-state index < -0.39 is 10.0 Å². The fraction of sp³-hybridized carbons (Fsp3) is 0.389. The molecule has 1 fully saturated rings. The van der Waals surface area contributed by atoms with Crippen LogP contribution in [0.15, 0.2) is 23.1 Å². The standard InChI is InChI=1S/C18H19ClN4O4S/c1-11-17(18-20-15(24)6-7-16(25)23(18)21-11)12-4-5-13(19)14(10-12)28(26,27)22-8-2-3-9-22/h4-5,10H,2-3,6-9H2,1H3,(H,20,24). The van der Waals surface area contributed by atoms with Crippen LogP contribution < -0.4 is 5.32 Å². The van der Waals surface area contributed by atoms with E-state index in [1.165, 1.54) is 21.1 Å². The predicted octanol–water partition coefficient (Wildman–Crippen LogP) is 2.67. The zero-order valence-corrected chi connectivity index (χ0v) is 16.8. The van der Waals surface area contributed by atoms with Gasteiger partial charge in [0, 0.05) is 31.5 Å². The van der Waals surface area contributed by atoms with Crippen molar-refractivity contribution in [2.24, 2.45) is 0 Å². The maximum absolute atomic E-state index is 13.0. The lowest BCUT2D eigenvalue weighted by Gasteiger charge is -2.17. The average molecular weight is 423 g/mol. The first-order valence-corrected chi connectivity index (χ1v) is 10.8. The Morgan fingerprint density at radius 1 is 1.14 bits per heavy atom. The molecule has 8 nitrogen and oxygen atoms in total. The number of hydrogen-bond acceptors (Lipinski definition) is 5. The molecule has 2 aromatic rings. The van der Waals surface area contributed by atoms with Crippen LogP contribution in [0.3, 0.4) is 0 Å². The van der Waals surface area contributed by atoms with Gasteiger partial charge in [-0.1, -0.05) is 17.7 Å². The van der Waals surface area contributed by atoms with Crippen LogP contribution in [0, 0.1) is 6.92 Å². The lowest BCUT2D eigenvalue weighted by molar-refractivity contribution is -0.116. The van der Waals surface area contributed by atoms with E-state index in [9.17, 15) is 18.0 Å². The number of amides is 1. The van der Waals surface area contributed by atoms with Crippen molar-refractivity contribution in [3.05, 3.63) is 28.9 Å². The first-order valence-electron chi connectivity index (χ1n) is 9.02. The molecule has 2 aliphatic heterocycles. The maximum atomic E-state index is 13.0. The molecule has 1 aromatic carbocycles. The lowest BCUT2D eigenvalue weighted by Crippen LogP contribution is -2.28. The second kappa shape index (κ2) is 6.98. The number of nitrogens with one attached hydrogen (secondary N) is 1. The van der Waals surface area contributed by atoms with Gasteiger partial charge < -0.3 is 5.32 Å². The Kier molecular flexibility index (Phi) is 4.76. The highest BCUT2D eigenvalue weighted by Gasteiger charge is 2.31. The molecule has 10 heteroatoms. The van der Waals surface area contributed by atoms with Gasteiger partial charge >= 0.3 is 0 Å². The number of aryl methyl sites for hydroxylation is 1. The average Bonchev–Trinajstić information content (AvgIpc) is 3.27. The minimum atomic E-state index is -3.73. The molecule has 0 spiro atoms. The number of benzene rings is 1. The Bertz CT molecular complexity index is 1090. The summed E-state index contributed by atoms with van der Waals surface area (Å²) >= 11 is 6.23. The number of nitrogens with zero attached hydrogens (tertiary/aromatic N) is 3. The molecule has 0 atom stereocenters. The first-order chi connectivity index (χ1) is 13.3. The van der Waals surface area contributed by atoms with Gasteiger partial charge in [0.2, 0.25) is 21.8 Å². The van der Waals surface area contributed by atoms with Crippen molar-refractivity contribution < 1.29 is 18.0 Å². The minimum Gasteiger partial charge on any atom is -0.310 e. The molecular formula is C18H19ClN4O4S. The minimum absolute atomic E-state index is 0.0131. The van der Waals surface area contributed by atoms with E-state index in [1.807, 2.05) is 0 Å². The first kappa shape index (κ1) is 19.1. The van der Waals surface area contributed by atoms with Gasteiger partial charge in [-0.25, -0.2) is 8.42 Å². The highest BCUT2D eigenvalue weighted by atomic mass is 35.5. The summed E-state index contributed by atoms with van der Waals surface area (Å²) in [6.45, 7) is 2.64. The molecule has 1 amide bonds. The number of halogens is 1. The molecule has 0 bridgehead atoms. The van der Waals surface area contributed by atoms with Crippen molar-refractivity contribution in [3.63, 3.8) is 0 Å². The molecule has 0 saturated carbocycles. The van der Waals surface area contributed by atoms with Crippen molar-refractivity contribution in [2.45, 2.75) is 37.5 Å². The molecule has 1 N–H and O–H groups in total. The smallest absolute Gasteiger partial charge is 0.249 e. The Morgan fingerprint density at radius 2 is 1.86 bits per heavy atom. The number of anilines is 1. The Morgan fingerprint density at radius 3 is 2.57 bits per heavy atom. The second-order valence-corrected chi connectivity index (χ2v) is 9.23. The van der Waals surface area contributed by atoms with E-state index in [0.717, 1.165) is 12.8 Å². The summed E-state index contributed by atoms with van der Waals surface area (Å²) in [7, 11) is -3.73. The molecule has 1 aromatic heterocycles. The maximum Gasteiger partial charge on any atom is 0.249 e. The quantitative estimate of drug-likeness (QED) is 0.819. The zero-order valence-electron chi connectivity index (χ0n) is 15.2. The summed E-state index contributed by atoms with van der Waals surface area (Å²) in [5.74, 6) is -0.314. The van der Waals surface area contributed by atoms with Gasteiger partial charge in [-0.15, -0.1) is 0 Å². The topological polar surface area (TPSA) is 101 Å². The third-order valence-corrected chi connectivity index (χ3v) is 7.40. The Balaban J connectivity index is 1.86. The van der Waals surface area contributed by atoms with Crippen molar-refractivity contribution >= 4 is 39.3 Å². The second-order valence-electron chi connectivity index (χ2n) is 6.92. The summed E-state index contributed by atoms with van der Waals surface area (Å²) < 4.78 is 28.6. The molecule has 2 aliphatic rings. The normalized spacial score (nSPS) is 18.1. The third-order valence-electron chi connectivity index (χ3n) is 5.02. The van der Waals surface area contributed by atoms with Crippen LogP contribution in [0.25, 0.3) is 11.1 Å². The zero-order chi connectivity index (χ0) is 20.1. The van der Waals surface area contributed by atoms with E-state index in [-0.39, 0.29) is 40.4 Å². The van der Waals surface area contributed by atoms with Crippen LogP contribution in [-0.4, -0.2) is 47.4 Å². The summed E-state index contributed by atoms with van der Waals surface area (Å²) in [5, 5.41) is 7.10. The molecule has 3 heterocycles. The van der Waals surface area contributed by atoms with Crippen LogP contribution >= 0.6 is 11.6 Å². The molecule has 0 unspecified atom stereocenters. The monoisotopic (exact) mass is 422 g/mol. The van der Waals surface area contributed by atoms with E-state index in [0.29, 0.717) is 29.9 Å². The molecule has 0 radical (unpaired) electrons. The molecular weight excluding hydrogens is 404 g/mol. The van der Waals surface area contributed by atoms with Crippen LogP contribution in [0.4, 0.5) is 5.82 Å². The number of carbonyl (C=O) groups is 2. The van der Waals surface area contributed by atoms with Crippen molar-refractivity contribution in [1.82, 2.24) is 14.1 Å². The predicted molar refractivity (Wildman–Crippen MR) is 104 cm³/mol. The van der Waals surface area contributed by atoms with E-state index in [1.54, 1.807) is 13.0 Å². The molecule has 4 rings (SSSR count). The third kappa shape index (κ3) is 3.13. The van der Waals surface area contributed by atoms with Crippen LogP contribution in [0.1, 0.15) is 36.2 Å². The van der Waals surface area contributed by atoms with Gasteiger partial charge in [0.05, 0.1) is 10.7 Å². The largest absolute Gasteiger partial charge is 0.310 e. The van der Waals surface area contributed by atoms with Gasteiger partial charge in [0.1, 0.15) is 10.7 Å². The van der Waals surface area contributed by atoms with Gasteiger partial charge in [0.15, 0.2) is 0 Å². The van der Waals surface area contributed by atoms with Crippen LogP contribution in [0.2, 0.25) is 5.02 Å². The van der Waals surface area contributed by atoms with Gasteiger partial charge in [-0.05, 0) is 37.5 Å². The summed E-state index contributed by atoms with van der Waals surface area (Å²) in [6.07, 6.45) is 1.78. The number of rotatable bonds is 3. The fourth-order valence-corrected chi connectivity index (χ4v) is 5.63. The molecule has 1 saturated heterocycles. The Labute approximate surface area is 167 Å². The summed E-state index contributed by atoms with van der Waals surface area (Å²) in [4.78, 5) is 24.3. The Hall–Kier alpha value is -2.23. The number of hydrogen-bond donors (Lipinski definition) is 1. The molecule has 0 aliphatic carbocycles. The van der Waals surface area contributed by atoms with E-state index in [2.05, 4.69) is 10.4 Å². The van der Waals surface area contributed by atoms with Crippen LogP contribution in [0.5, 0.6) is 0 Å². The summed E-state index contributed by atoms with van der Waals surface area (Å²) in [6, 6.07) is 4.67. The number of fused-ring (bicyclic) bond motifs is 1. The highest BCUT2D eigenvalue weighted by molar-refractivity contribution is 7.89. The lowest BCUT2D eigenvalue weighted by atomic mass is 10.1. The number of sulfonamides is 1.